The molecule has 108 valence electrons. The average Bonchev–Trinajstić information content (AvgIpc) is 2.69. The minimum Gasteiger partial charge on any atom is -0.398 e. The van der Waals surface area contributed by atoms with Gasteiger partial charge in [0, 0.05) is 18.0 Å². The second-order valence-corrected chi connectivity index (χ2v) is 6.27. The van der Waals surface area contributed by atoms with Gasteiger partial charge in [-0.25, -0.2) is 0 Å². The van der Waals surface area contributed by atoms with Gasteiger partial charge < -0.3 is 9.31 Å². The smallest absolute Gasteiger partial charge is 0.398 e. The molecule has 3 heterocycles. The number of hydrogen-bond acceptors (Lipinski definition) is 4. The van der Waals surface area contributed by atoms with Crippen LogP contribution >= 0.6 is 0 Å². The quantitative estimate of drug-likeness (QED) is 0.794. The molecule has 4 nitrogen and oxygen atoms in total. The molecule has 21 heavy (non-hydrogen) atoms. The summed E-state index contributed by atoms with van der Waals surface area (Å²) in [4.78, 5) is 8.80. The van der Waals surface area contributed by atoms with Gasteiger partial charge in [0.05, 0.1) is 22.5 Å². The Bertz CT molecular complexity index is 610. The zero-order valence-electron chi connectivity index (χ0n) is 12.8. The van der Waals surface area contributed by atoms with Gasteiger partial charge in [-0.2, -0.15) is 0 Å². The summed E-state index contributed by atoms with van der Waals surface area (Å²) in [5.41, 5.74) is 1.98. The van der Waals surface area contributed by atoms with Crippen LogP contribution < -0.4 is 5.59 Å². The molecule has 0 aromatic carbocycles. The van der Waals surface area contributed by atoms with Gasteiger partial charge >= 0.3 is 7.12 Å². The lowest BCUT2D eigenvalue weighted by atomic mass is 9.84. The first-order chi connectivity index (χ1) is 9.89. The van der Waals surface area contributed by atoms with E-state index in [-0.39, 0.29) is 11.2 Å². The van der Waals surface area contributed by atoms with Crippen LogP contribution in [0.25, 0.3) is 11.3 Å². The first-order valence-electron chi connectivity index (χ1n) is 7.12. The van der Waals surface area contributed by atoms with Crippen molar-refractivity contribution in [2.24, 2.45) is 0 Å². The van der Waals surface area contributed by atoms with Crippen LogP contribution in [0.15, 0.2) is 42.7 Å². The van der Waals surface area contributed by atoms with E-state index < -0.39 is 7.12 Å². The molecule has 2 aromatic rings. The van der Waals surface area contributed by atoms with E-state index in [1.807, 2.05) is 64.2 Å². The molecule has 3 rings (SSSR count). The Morgan fingerprint density at radius 3 is 2.14 bits per heavy atom. The summed E-state index contributed by atoms with van der Waals surface area (Å²) in [5.74, 6) is 0. The molecular weight excluding hydrogens is 263 g/mol. The van der Waals surface area contributed by atoms with Crippen molar-refractivity contribution in [2.45, 2.75) is 38.9 Å². The lowest BCUT2D eigenvalue weighted by molar-refractivity contribution is 0.00578. The largest absolute Gasteiger partial charge is 0.514 e. The Labute approximate surface area is 125 Å². The fourth-order valence-corrected chi connectivity index (χ4v) is 2.19. The maximum atomic E-state index is 6.00. The molecule has 0 N–H and O–H groups in total. The number of aromatic nitrogens is 2. The monoisotopic (exact) mass is 282 g/mol. The highest BCUT2D eigenvalue weighted by Crippen LogP contribution is 2.36. The van der Waals surface area contributed by atoms with Crippen LogP contribution in [0.4, 0.5) is 0 Å². The lowest BCUT2D eigenvalue weighted by Crippen LogP contribution is -2.41. The highest BCUT2D eigenvalue weighted by atomic mass is 16.7. The van der Waals surface area contributed by atoms with Crippen molar-refractivity contribution in [1.29, 1.82) is 0 Å². The van der Waals surface area contributed by atoms with Gasteiger partial charge in [-0.3, -0.25) is 9.97 Å². The summed E-state index contributed by atoms with van der Waals surface area (Å²) in [6.07, 6.45) is 3.58. The van der Waals surface area contributed by atoms with E-state index in [1.54, 1.807) is 6.20 Å². The van der Waals surface area contributed by atoms with E-state index >= 15 is 0 Å². The van der Waals surface area contributed by atoms with E-state index in [9.17, 15) is 0 Å². The van der Waals surface area contributed by atoms with Gasteiger partial charge in [0.1, 0.15) is 0 Å². The molecule has 0 unspecified atom stereocenters. The predicted octanol–water partition coefficient (Wildman–Crippen LogP) is 2.44. The molecule has 1 aliphatic heterocycles. The van der Waals surface area contributed by atoms with Crippen molar-refractivity contribution in [1.82, 2.24) is 9.97 Å². The van der Waals surface area contributed by atoms with Gasteiger partial charge in [-0.1, -0.05) is 12.1 Å². The summed E-state index contributed by atoms with van der Waals surface area (Å²) >= 11 is 0. The van der Waals surface area contributed by atoms with E-state index in [2.05, 4.69) is 9.97 Å². The summed E-state index contributed by atoms with van der Waals surface area (Å²) in [6, 6.07) is 9.76. The molecule has 1 saturated heterocycles. The Hall–Kier alpha value is -1.72. The van der Waals surface area contributed by atoms with Crippen LogP contribution in [0.2, 0.25) is 0 Å². The van der Waals surface area contributed by atoms with Gasteiger partial charge in [0.2, 0.25) is 0 Å². The predicted molar refractivity (Wildman–Crippen MR) is 83.2 cm³/mol. The molecule has 0 spiro atoms. The van der Waals surface area contributed by atoms with Crippen LogP contribution in [-0.4, -0.2) is 28.3 Å². The second kappa shape index (κ2) is 4.93. The third kappa shape index (κ3) is 2.59. The van der Waals surface area contributed by atoms with Gasteiger partial charge in [-0.15, -0.1) is 0 Å². The van der Waals surface area contributed by atoms with Crippen LogP contribution in [0, 0.1) is 0 Å². The van der Waals surface area contributed by atoms with Crippen molar-refractivity contribution in [3.8, 4) is 11.3 Å². The van der Waals surface area contributed by atoms with E-state index in [4.69, 9.17) is 9.31 Å². The van der Waals surface area contributed by atoms with Crippen molar-refractivity contribution < 1.29 is 9.31 Å². The van der Waals surface area contributed by atoms with E-state index in [0.29, 0.717) is 0 Å². The Kier molecular flexibility index (Phi) is 3.34. The van der Waals surface area contributed by atoms with Gasteiger partial charge in [0.25, 0.3) is 0 Å². The SMILES string of the molecule is CC1(C)OB(c2ccc(-c3ccccn3)cn2)OC1(C)C. The van der Waals surface area contributed by atoms with Crippen LogP contribution in [0.1, 0.15) is 27.7 Å². The molecule has 0 atom stereocenters. The van der Waals surface area contributed by atoms with Crippen molar-refractivity contribution in [3.63, 3.8) is 0 Å². The first-order valence-corrected chi connectivity index (χ1v) is 7.12. The molecule has 2 aromatic heterocycles. The summed E-state index contributed by atoms with van der Waals surface area (Å²) in [5, 5.41) is 0. The second-order valence-electron chi connectivity index (χ2n) is 6.27. The summed E-state index contributed by atoms with van der Waals surface area (Å²) in [7, 11) is -0.423. The van der Waals surface area contributed by atoms with Crippen molar-refractivity contribution in [2.75, 3.05) is 0 Å². The minimum atomic E-state index is -0.423. The number of pyridine rings is 2. The highest BCUT2D eigenvalue weighted by molar-refractivity contribution is 6.61. The van der Waals surface area contributed by atoms with E-state index in [0.717, 1.165) is 16.9 Å². The first kappa shape index (κ1) is 14.2. The molecular formula is C16H19BN2O2. The third-order valence-corrected chi connectivity index (χ3v) is 4.24. The molecule has 0 bridgehead atoms. The van der Waals surface area contributed by atoms with Crippen molar-refractivity contribution in [3.05, 3.63) is 42.7 Å². The molecule has 0 amide bonds. The molecule has 1 fully saturated rings. The van der Waals surface area contributed by atoms with Crippen molar-refractivity contribution >= 4 is 12.7 Å². The standard InChI is InChI=1S/C16H19BN2O2/c1-15(2)16(3,4)21-17(20-15)14-9-8-12(11-19-14)13-7-5-6-10-18-13/h5-11H,1-4H3. The summed E-state index contributed by atoms with van der Waals surface area (Å²) < 4.78 is 12.0. The Balaban J connectivity index is 1.83. The van der Waals surface area contributed by atoms with E-state index in [1.165, 1.54) is 0 Å². The third-order valence-electron chi connectivity index (χ3n) is 4.24. The molecule has 0 radical (unpaired) electrons. The fourth-order valence-electron chi connectivity index (χ4n) is 2.19. The molecule has 0 aliphatic carbocycles. The molecule has 1 aliphatic rings. The van der Waals surface area contributed by atoms with Gasteiger partial charge in [0.15, 0.2) is 0 Å². The Morgan fingerprint density at radius 1 is 0.905 bits per heavy atom. The molecule has 0 saturated carbocycles. The number of hydrogen-bond donors (Lipinski definition) is 0. The van der Waals surface area contributed by atoms with Gasteiger partial charge in [-0.05, 0) is 45.9 Å². The topological polar surface area (TPSA) is 44.2 Å². The van der Waals surface area contributed by atoms with Crippen LogP contribution in [0.5, 0.6) is 0 Å². The number of rotatable bonds is 2. The maximum Gasteiger partial charge on any atom is 0.514 e. The highest BCUT2D eigenvalue weighted by Gasteiger charge is 2.52. The zero-order valence-corrected chi connectivity index (χ0v) is 12.8. The minimum absolute atomic E-state index is 0.348. The van der Waals surface area contributed by atoms with Crippen LogP contribution in [0.3, 0.4) is 0 Å². The zero-order chi connectivity index (χ0) is 15.1. The number of nitrogens with zero attached hydrogens (tertiary/aromatic N) is 2. The Morgan fingerprint density at radius 2 is 1.62 bits per heavy atom. The molecule has 5 heteroatoms. The summed E-state index contributed by atoms with van der Waals surface area (Å²) in [6.45, 7) is 8.15. The average molecular weight is 282 g/mol. The fraction of sp³-hybridized carbons (Fsp3) is 0.375. The normalized spacial score (nSPS) is 19.7. The van der Waals surface area contributed by atoms with Crippen LogP contribution in [-0.2, 0) is 9.31 Å². The lowest BCUT2D eigenvalue weighted by Gasteiger charge is -2.32. The maximum absolute atomic E-state index is 6.00.